The van der Waals surface area contributed by atoms with Crippen LogP contribution in [0.4, 0.5) is 4.39 Å². The van der Waals surface area contributed by atoms with Crippen LogP contribution in [0.1, 0.15) is 16.9 Å². The van der Waals surface area contributed by atoms with Crippen molar-refractivity contribution in [2.24, 2.45) is 0 Å². The van der Waals surface area contributed by atoms with Gasteiger partial charge in [-0.1, -0.05) is 0 Å². The van der Waals surface area contributed by atoms with Gasteiger partial charge in [-0.3, -0.25) is 4.79 Å². The highest BCUT2D eigenvalue weighted by molar-refractivity contribution is 5.98. The van der Waals surface area contributed by atoms with E-state index in [2.05, 4.69) is 15.2 Å². The molecule has 1 aliphatic rings. The summed E-state index contributed by atoms with van der Waals surface area (Å²) in [6, 6.07) is 6.33. The van der Waals surface area contributed by atoms with Crippen molar-refractivity contribution in [2.45, 2.75) is 12.5 Å². The zero-order valence-electron chi connectivity index (χ0n) is 10.7. The van der Waals surface area contributed by atoms with E-state index >= 15 is 0 Å². The summed E-state index contributed by atoms with van der Waals surface area (Å²) in [4.78, 5) is 17.3. The van der Waals surface area contributed by atoms with Gasteiger partial charge < -0.3 is 15.2 Å². The van der Waals surface area contributed by atoms with Gasteiger partial charge in [-0.25, -0.2) is 4.39 Å². The summed E-state index contributed by atoms with van der Waals surface area (Å²) in [6.45, 7) is 1.88. The second-order valence-corrected chi connectivity index (χ2v) is 5.14. The third kappa shape index (κ3) is 2.46. The molecule has 0 unspecified atom stereocenters. The number of nitrogens with one attached hydrogen (secondary N) is 2. The fourth-order valence-corrected chi connectivity index (χ4v) is 2.54. The Balaban J connectivity index is 1.78. The molecule has 1 aromatic heterocycles. The van der Waals surface area contributed by atoms with E-state index in [1.165, 1.54) is 12.1 Å². The number of amides is 1. The zero-order valence-corrected chi connectivity index (χ0v) is 10.7. The van der Waals surface area contributed by atoms with Crippen molar-refractivity contribution >= 4 is 16.8 Å². The SMILES string of the molecule is CN1CC[C@H](NC(=O)c2cc3cc(F)ccc3[nH]2)C1. The molecule has 1 amide bonds. The number of nitrogens with zero attached hydrogens (tertiary/aromatic N) is 1. The molecule has 1 aliphatic heterocycles. The van der Waals surface area contributed by atoms with Crippen LogP contribution in [0, 0.1) is 5.82 Å². The number of halogens is 1. The van der Waals surface area contributed by atoms with E-state index in [-0.39, 0.29) is 17.8 Å². The van der Waals surface area contributed by atoms with E-state index in [4.69, 9.17) is 0 Å². The molecule has 2 heterocycles. The largest absolute Gasteiger partial charge is 0.351 e. The average Bonchev–Trinajstić information content (AvgIpc) is 2.95. The molecule has 2 N–H and O–H groups in total. The van der Waals surface area contributed by atoms with Crippen LogP contribution in [0.5, 0.6) is 0 Å². The highest BCUT2D eigenvalue weighted by Gasteiger charge is 2.22. The van der Waals surface area contributed by atoms with Gasteiger partial charge in [0.25, 0.3) is 5.91 Å². The van der Waals surface area contributed by atoms with Crippen LogP contribution in [-0.4, -0.2) is 42.0 Å². The molecule has 2 aromatic rings. The van der Waals surface area contributed by atoms with Crippen molar-refractivity contribution < 1.29 is 9.18 Å². The number of carbonyl (C=O) groups is 1. The van der Waals surface area contributed by atoms with Gasteiger partial charge in [0.05, 0.1) is 0 Å². The molecule has 0 spiro atoms. The highest BCUT2D eigenvalue weighted by Crippen LogP contribution is 2.17. The Kier molecular flexibility index (Phi) is 2.98. The molecule has 1 fully saturated rings. The van der Waals surface area contributed by atoms with Crippen molar-refractivity contribution in [3.8, 4) is 0 Å². The maximum atomic E-state index is 13.1. The fraction of sp³-hybridized carbons (Fsp3) is 0.357. The predicted molar refractivity (Wildman–Crippen MR) is 71.6 cm³/mol. The number of hydrogen-bond acceptors (Lipinski definition) is 2. The topological polar surface area (TPSA) is 48.1 Å². The van der Waals surface area contributed by atoms with Gasteiger partial charge in [-0.15, -0.1) is 0 Å². The lowest BCUT2D eigenvalue weighted by atomic mass is 10.2. The van der Waals surface area contributed by atoms with E-state index in [9.17, 15) is 9.18 Å². The fourth-order valence-electron chi connectivity index (χ4n) is 2.54. The van der Waals surface area contributed by atoms with Crippen LogP contribution in [-0.2, 0) is 0 Å². The van der Waals surface area contributed by atoms with Gasteiger partial charge in [-0.2, -0.15) is 0 Å². The number of likely N-dealkylation sites (tertiary alicyclic amines) is 1. The monoisotopic (exact) mass is 261 g/mol. The second kappa shape index (κ2) is 4.66. The first-order chi connectivity index (χ1) is 9.11. The van der Waals surface area contributed by atoms with Gasteiger partial charge in [0, 0.05) is 23.5 Å². The first kappa shape index (κ1) is 12.2. The summed E-state index contributed by atoms with van der Waals surface area (Å²) in [5.41, 5.74) is 1.25. The Bertz CT molecular complexity index is 622. The van der Waals surface area contributed by atoms with Crippen LogP contribution in [0.3, 0.4) is 0 Å². The molecule has 3 rings (SSSR count). The Hall–Kier alpha value is -1.88. The third-order valence-corrected chi connectivity index (χ3v) is 3.55. The second-order valence-electron chi connectivity index (χ2n) is 5.14. The molecule has 1 atom stereocenters. The van der Waals surface area contributed by atoms with Gasteiger partial charge in [-0.05, 0) is 44.3 Å². The summed E-state index contributed by atoms with van der Waals surface area (Å²) < 4.78 is 13.1. The first-order valence-corrected chi connectivity index (χ1v) is 6.39. The van der Waals surface area contributed by atoms with Crippen LogP contribution >= 0.6 is 0 Å². The van der Waals surface area contributed by atoms with Crippen molar-refractivity contribution in [3.05, 3.63) is 35.8 Å². The predicted octanol–water partition coefficient (Wildman–Crippen LogP) is 1.74. The third-order valence-electron chi connectivity index (χ3n) is 3.55. The lowest BCUT2D eigenvalue weighted by molar-refractivity contribution is 0.0934. The van der Waals surface area contributed by atoms with Crippen LogP contribution in [0.2, 0.25) is 0 Å². The van der Waals surface area contributed by atoms with E-state index in [0.29, 0.717) is 11.1 Å². The molecule has 5 heteroatoms. The van der Waals surface area contributed by atoms with Crippen molar-refractivity contribution in [2.75, 3.05) is 20.1 Å². The highest BCUT2D eigenvalue weighted by atomic mass is 19.1. The molecule has 100 valence electrons. The number of H-pyrrole nitrogens is 1. The molecular formula is C14H16FN3O. The van der Waals surface area contributed by atoms with Crippen molar-refractivity contribution in [1.82, 2.24) is 15.2 Å². The molecule has 19 heavy (non-hydrogen) atoms. The van der Waals surface area contributed by atoms with E-state index in [1.54, 1.807) is 12.1 Å². The summed E-state index contributed by atoms with van der Waals surface area (Å²) in [5, 5.41) is 3.71. The molecule has 0 saturated carbocycles. The summed E-state index contributed by atoms with van der Waals surface area (Å²) in [7, 11) is 2.04. The normalized spacial score (nSPS) is 20.0. The standard InChI is InChI=1S/C14H16FN3O/c1-18-5-4-11(8-18)16-14(19)13-7-9-6-10(15)2-3-12(9)17-13/h2-3,6-7,11,17H,4-5,8H2,1H3,(H,16,19)/t11-/m0/s1. The molecular weight excluding hydrogens is 245 g/mol. The minimum absolute atomic E-state index is 0.128. The first-order valence-electron chi connectivity index (χ1n) is 6.39. The number of aromatic amines is 1. The summed E-state index contributed by atoms with van der Waals surface area (Å²) in [5.74, 6) is -0.423. The van der Waals surface area contributed by atoms with Gasteiger partial charge >= 0.3 is 0 Å². The Morgan fingerprint density at radius 1 is 1.47 bits per heavy atom. The van der Waals surface area contributed by atoms with Crippen molar-refractivity contribution in [1.29, 1.82) is 0 Å². The van der Waals surface area contributed by atoms with E-state index in [0.717, 1.165) is 25.0 Å². The molecule has 0 bridgehead atoms. The lowest BCUT2D eigenvalue weighted by Crippen LogP contribution is -2.36. The van der Waals surface area contributed by atoms with Crippen LogP contribution in [0.15, 0.2) is 24.3 Å². The van der Waals surface area contributed by atoms with Gasteiger partial charge in [0.1, 0.15) is 11.5 Å². The maximum absolute atomic E-state index is 13.1. The number of likely N-dealkylation sites (N-methyl/N-ethyl adjacent to an activating group) is 1. The summed E-state index contributed by atoms with van der Waals surface area (Å²) >= 11 is 0. The Morgan fingerprint density at radius 2 is 2.32 bits per heavy atom. The zero-order chi connectivity index (χ0) is 13.4. The molecule has 4 nitrogen and oxygen atoms in total. The van der Waals surface area contributed by atoms with Crippen LogP contribution in [0.25, 0.3) is 10.9 Å². The number of hydrogen-bond donors (Lipinski definition) is 2. The summed E-state index contributed by atoms with van der Waals surface area (Å²) in [6.07, 6.45) is 0.969. The quantitative estimate of drug-likeness (QED) is 0.865. The number of benzene rings is 1. The number of rotatable bonds is 2. The molecule has 1 aromatic carbocycles. The average molecular weight is 261 g/mol. The van der Waals surface area contributed by atoms with E-state index < -0.39 is 0 Å². The Labute approximate surface area is 110 Å². The minimum atomic E-state index is -0.295. The number of fused-ring (bicyclic) bond motifs is 1. The molecule has 1 saturated heterocycles. The van der Waals surface area contributed by atoms with Gasteiger partial charge in [0.2, 0.25) is 0 Å². The van der Waals surface area contributed by atoms with Crippen LogP contribution < -0.4 is 5.32 Å². The van der Waals surface area contributed by atoms with Crippen molar-refractivity contribution in [3.63, 3.8) is 0 Å². The number of aromatic nitrogens is 1. The van der Waals surface area contributed by atoms with E-state index in [1.807, 2.05) is 7.05 Å². The van der Waals surface area contributed by atoms with Gasteiger partial charge in [0.15, 0.2) is 0 Å². The smallest absolute Gasteiger partial charge is 0.267 e. The Morgan fingerprint density at radius 3 is 3.05 bits per heavy atom. The maximum Gasteiger partial charge on any atom is 0.267 e. The minimum Gasteiger partial charge on any atom is -0.351 e. The number of carbonyl (C=O) groups excluding carboxylic acids is 1. The molecule has 0 radical (unpaired) electrons. The molecule has 0 aliphatic carbocycles. The lowest BCUT2D eigenvalue weighted by Gasteiger charge is -2.11.